The monoisotopic (exact) mass is 305 g/mol. The molecular formula is C17H27N3O2. The molecule has 0 radical (unpaired) electrons. The first-order chi connectivity index (χ1) is 10.7. The Kier molecular flexibility index (Phi) is 6.34. The molecule has 0 spiro atoms. The first-order valence-corrected chi connectivity index (χ1v) is 8.13. The molecule has 5 nitrogen and oxygen atoms in total. The van der Waals surface area contributed by atoms with E-state index in [2.05, 4.69) is 34.3 Å². The number of hydrogen-bond acceptors (Lipinski definition) is 5. The average Bonchev–Trinajstić information content (AvgIpc) is 2.59. The molecule has 1 aromatic heterocycles. The molecule has 2 rings (SSSR count). The number of esters is 1. The molecule has 122 valence electrons. The molecule has 1 aromatic rings. The van der Waals surface area contributed by atoms with E-state index in [0.717, 1.165) is 32.4 Å². The first-order valence-electron chi connectivity index (χ1n) is 8.13. The fourth-order valence-corrected chi connectivity index (χ4v) is 3.09. The van der Waals surface area contributed by atoms with E-state index in [1.54, 1.807) is 0 Å². The van der Waals surface area contributed by atoms with Crippen molar-refractivity contribution in [3.05, 3.63) is 30.1 Å². The van der Waals surface area contributed by atoms with Gasteiger partial charge in [-0.25, -0.2) is 0 Å². The van der Waals surface area contributed by atoms with Crippen LogP contribution in [0.2, 0.25) is 0 Å². The number of carbonyl (C=O) groups is 1. The van der Waals surface area contributed by atoms with Crippen molar-refractivity contribution in [2.24, 2.45) is 0 Å². The maximum atomic E-state index is 11.7. The van der Waals surface area contributed by atoms with Crippen molar-refractivity contribution in [2.75, 3.05) is 20.2 Å². The largest absolute Gasteiger partial charge is 0.468 e. The van der Waals surface area contributed by atoms with Crippen LogP contribution in [0.1, 0.15) is 44.7 Å². The molecule has 1 saturated heterocycles. The molecular weight excluding hydrogens is 278 g/mol. The van der Waals surface area contributed by atoms with Gasteiger partial charge in [0.05, 0.1) is 7.11 Å². The normalized spacial score (nSPS) is 19.6. The number of methoxy groups -OCH3 is 1. The molecule has 0 aromatic carbocycles. The van der Waals surface area contributed by atoms with Crippen molar-refractivity contribution in [3.8, 4) is 0 Å². The van der Waals surface area contributed by atoms with Gasteiger partial charge in [-0.15, -0.1) is 0 Å². The second kappa shape index (κ2) is 8.25. The third-order valence-electron chi connectivity index (χ3n) is 4.60. The Morgan fingerprint density at radius 2 is 2.05 bits per heavy atom. The van der Waals surface area contributed by atoms with Crippen molar-refractivity contribution in [2.45, 2.75) is 51.2 Å². The number of carbonyl (C=O) groups excluding carboxylic acids is 1. The van der Waals surface area contributed by atoms with E-state index in [9.17, 15) is 4.79 Å². The lowest BCUT2D eigenvalue weighted by Crippen LogP contribution is -2.49. The topological polar surface area (TPSA) is 54.5 Å². The van der Waals surface area contributed by atoms with Crippen LogP contribution in [0, 0.1) is 0 Å². The standard InChI is InChI=1S/C17H27N3O2/c1-4-16(17(21)22-3)19-15-7-11-20(12-8-15)13(2)14-5-9-18-10-6-14/h5-6,9-10,13,15-16,19H,4,7-8,11-12H2,1-3H3/t13-,16+/m0/s1. The van der Waals surface area contributed by atoms with Crippen LogP contribution in [-0.2, 0) is 9.53 Å². The lowest BCUT2D eigenvalue weighted by Gasteiger charge is -2.37. The Bertz CT molecular complexity index is 458. The van der Waals surface area contributed by atoms with Gasteiger partial charge in [-0.1, -0.05) is 6.92 Å². The lowest BCUT2D eigenvalue weighted by atomic mass is 9.99. The Hall–Kier alpha value is -1.46. The van der Waals surface area contributed by atoms with Crippen molar-refractivity contribution in [1.29, 1.82) is 0 Å². The Labute approximate surface area is 133 Å². The van der Waals surface area contributed by atoms with Gasteiger partial charge in [-0.2, -0.15) is 0 Å². The smallest absolute Gasteiger partial charge is 0.322 e. The molecule has 0 unspecified atom stereocenters. The quantitative estimate of drug-likeness (QED) is 0.816. The fraction of sp³-hybridized carbons (Fsp3) is 0.647. The van der Waals surface area contributed by atoms with Crippen LogP contribution in [0.15, 0.2) is 24.5 Å². The average molecular weight is 305 g/mol. The van der Waals surface area contributed by atoms with Crippen LogP contribution in [-0.4, -0.2) is 48.1 Å². The number of piperidine rings is 1. The summed E-state index contributed by atoms with van der Waals surface area (Å²) in [5.74, 6) is -0.157. The predicted octanol–water partition coefficient (Wildman–Crippen LogP) is 2.15. The van der Waals surface area contributed by atoms with E-state index >= 15 is 0 Å². The number of nitrogens with one attached hydrogen (secondary N) is 1. The number of hydrogen-bond donors (Lipinski definition) is 1. The molecule has 1 N–H and O–H groups in total. The highest BCUT2D eigenvalue weighted by Crippen LogP contribution is 2.24. The minimum absolute atomic E-state index is 0.157. The van der Waals surface area contributed by atoms with Crippen molar-refractivity contribution >= 4 is 5.97 Å². The van der Waals surface area contributed by atoms with E-state index in [1.807, 2.05) is 19.3 Å². The zero-order valence-electron chi connectivity index (χ0n) is 13.8. The first kappa shape index (κ1) is 16.9. The lowest BCUT2D eigenvalue weighted by molar-refractivity contribution is -0.143. The second-order valence-corrected chi connectivity index (χ2v) is 5.92. The Morgan fingerprint density at radius 3 is 2.59 bits per heavy atom. The maximum Gasteiger partial charge on any atom is 0.322 e. The van der Waals surface area contributed by atoms with Crippen molar-refractivity contribution in [3.63, 3.8) is 0 Å². The minimum Gasteiger partial charge on any atom is -0.468 e. The molecule has 5 heteroatoms. The summed E-state index contributed by atoms with van der Waals surface area (Å²) < 4.78 is 4.84. The number of likely N-dealkylation sites (tertiary alicyclic amines) is 1. The molecule has 2 atom stereocenters. The third-order valence-corrected chi connectivity index (χ3v) is 4.60. The molecule has 2 heterocycles. The van der Waals surface area contributed by atoms with Crippen LogP contribution >= 0.6 is 0 Å². The number of rotatable bonds is 6. The maximum absolute atomic E-state index is 11.7. The number of aromatic nitrogens is 1. The van der Waals surface area contributed by atoms with Gasteiger partial charge in [0.15, 0.2) is 0 Å². The summed E-state index contributed by atoms with van der Waals surface area (Å²) in [6.07, 6.45) is 6.58. The van der Waals surface area contributed by atoms with Gasteiger partial charge < -0.3 is 10.1 Å². The van der Waals surface area contributed by atoms with Crippen LogP contribution in [0.3, 0.4) is 0 Å². The number of ether oxygens (including phenoxy) is 1. The molecule has 0 saturated carbocycles. The van der Waals surface area contributed by atoms with Crippen molar-refractivity contribution < 1.29 is 9.53 Å². The van der Waals surface area contributed by atoms with E-state index in [-0.39, 0.29) is 12.0 Å². The highest BCUT2D eigenvalue weighted by molar-refractivity contribution is 5.75. The Balaban J connectivity index is 1.84. The van der Waals surface area contributed by atoms with E-state index in [4.69, 9.17) is 4.74 Å². The van der Waals surface area contributed by atoms with E-state index in [1.165, 1.54) is 12.7 Å². The zero-order chi connectivity index (χ0) is 15.9. The fourth-order valence-electron chi connectivity index (χ4n) is 3.09. The van der Waals surface area contributed by atoms with Crippen LogP contribution in [0.5, 0.6) is 0 Å². The third kappa shape index (κ3) is 4.27. The minimum atomic E-state index is -0.181. The molecule has 1 fully saturated rings. The molecule has 0 aliphatic carbocycles. The zero-order valence-corrected chi connectivity index (χ0v) is 13.8. The molecule has 1 aliphatic rings. The van der Waals surface area contributed by atoms with Crippen LogP contribution in [0.25, 0.3) is 0 Å². The summed E-state index contributed by atoms with van der Waals surface area (Å²) in [5, 5.41) is 3.44. The second-order valence-electron chi connectivity index (χ2n) is 5.92. The van der Waals surface area contributed by atoms with Gasteiger partial charge in [0.25, 0.3) is 0 Å². The van der Waals surface area contributed by atoms with Gasteiger partial charge in [0.1, 0.15) is 6.04 Å². The van der Waals surface area contributed by atoms with Crippen molar-refractivity contribution in [1.82, 2.24) is 15.2 Å². The highest BCUT2D eigenvalue weighted by atomic mass is 16.5. The van der Waals surface area contributed by atoms with Gasteiger partial charge in [0, 0.05) is 37.6 Å². The summed E-state index contributed by atoms with van der Waals surface area (Å²) in [5.41, 5.74) is 1.31. The van der Waals surface area contributed by atoms with Gasteiger partial charge >= 0.3 is 5.97 Å². The summed E-state index contributed by atoms with van der Waals surface area (Å²) in [6.45, 7) is 6.33. The Morgan fingerprint density at radius 1 is 1.41 bits per heavy atom. The van der Waals surface area contributed by atoms with E-state index < -0.39 is 0 Å². The van der Waals surface area contributed by atoms with E-state index in [0.29, 0.717) is 12.1 Å². The molecule has 0 amide bonds. The number of nitrogens with zero attached hydrogens (tertiary/aromatic N) is 2. The van der Waals surface area contributed by atoms with Gasteiger partial charge in [-0.3, -0.25) is 14.7 Å². The highest BCUT2D eigenvalue weighted by Gasteiger charge is 2.26. The summed E-state index contributed by atoms with van der Waals surface area (Å²) in [4.78, 5) is 18.2. The number of pyridine rings is 1. The molecule has 1 aliphatic heterocycles. The predicted molar refractivity (Wildman–Crippen MR) is 86.5 cm³/mol. The molecule has 22 heavy (non-hydrogen) atoms. The SMILES string of the molecule is CC[C@@H](NC1CCN([C@@H](C)c2ccncc2)CC1)C(=O)OC. The van der Waals surface area contributed by atoms with Crippen LogP contribution < -0.4 is 5.32 Å². The van der Waals surface area contributed by atoms with Crippen LogP contribution in [0.4, 0.5) is 0 Å². The molecule has 0 bridgehead atoms. The van der Waals surface area contributed by atoms with Gasteiger partial charge in [-0.05, 0) is 43.9 Å². The summed E-state index contributed by atoms with van der Waals surface area (Å²) in [6, 6.07) is 4.79. The summed E-state index contributed by atoms with van der Waals surface area (Å²) >= 11 is 0. The summed E-state index contributed by atoms with van der Waals surface area (Å²) in [7, 11) is 1.45. The van der Waals surface area contributed by atoms with Gasteiger partial charge in [0.2, 0.25) is 0 Å².